The Balaban J connectivity index is 2.82. The first-order valence-corrected chi connectivity index (χ1v) is 4.16. The van der Waals surface area contributed by atoms with Crippen molar-refractivity contribution < 1.29 is 17.2 Å². The summed E-state index contributed by atoms with van der Waals surface area (Å²) < 4.78 is 32.6. The van der Waals surface area contributed by atoms with Gasteiger partial charge in [0.15, 0.2) is 0 Å². The van der Waals surface area contributed by atoms with E-state index in [1.165, 1.54) is 12.1 Å². The fourth-order valence-electron chi connectivity index (χ4n) is 0.598. The van der Waals surface area contributed by atoms with Crippen LogP contribution in [0.25, 0.3) is 0 Å². The summed E-state index contributed by atoms with van der Waals surface area (Å²) in [5.41, 5.74) is 0. The Morgan fingerprint density at radius 3 is 2.18 bits per heavy atom. The zero-order valence-electron chi connectivity index (χ0n) is 5.47. The van der Waals surface area contributed by atoms with E-state index in [-0.39, 0.29) is 5.75 Å². The summed E-state index contributed by atoms with van der Waals surface area (Å²) in [6.45, 7) is 0. The van der Waals surface area contributed by atoms with Crippen LogP contribution in [0.5, 0.6) is 5.75 Å². The van der Waals surface area contributed by atoms with Crippen molar-refractivity contribution in [3.8, 4) is 5.75 Å². The van der Waals surface area contributed by atoms with Gasteiger partial charge in [0, 0.05) is 0 Å². The van der Waals surface area contributed by atoms with Crippen LogP contribution in [0.3, 0.4) is 0 Å². The van der Waals surface area contributed by atoms with Crippen molar-refractivity contribution in [3.63, 3.8) is 0 Å². The minimum Gasteiger partial charge on any atom is -0.362 e. The van der Waals surface area contributed by atoms with Crippen LogP contribution >= 0.6 is 0 Å². The van der Waals surface area contributed by atoms with Crippen molar-refractivity contribution in [2.75, 3.05) is 0 Å². The highest BCUT2D eigenvalue weighted by atomic mass is 32.3. The molecule has 1 aromatic rings. The molecule has 0 unspecified atom stereocenters. The first-order chi connectivity index (χ1) is 5.08. The van der Waals surface area contributed by atoms with Crippen molar-refractivity contribution in [1.82, 2.24) is 0 Å². The second-order valence-electron chi connectivity index (χ2n) is 1.82. The molecule has 0 amide bonds. The molecule has 0 aliphatic rings. The third-order valence-electron chi connectivity index (χ3n) is 0.945. The van der Waals surface area contributed by atoms with E-state index in [2.05, 4.69) is 4.18 Å². The predicted molar refractivity (Wildman–Crippen MR) is 38.6 cm³/mol. The number of rotatable bonds is 2. The van der Waals surface area contributed by atoms with Gasteiger partial charge in [-0.15, -0.1) is 0 Å². The van der Waals surface area contributed by atoms with Crippen molar-refractivity contribution in [2.45, 2.75) is 0 Å². The smallest absolute Gasteiger partial charge is 0.362 e. The normalized spacial score (nSPS) is 11.0. The van der Waals surface area contributed by atoms with Gasteiger partial charge in [0.1, 0.15) is 5.75 Å². The van der Waals surface area contributed by atoms with Gasteiger partial charge in [-0.2, -0.15) is 8.42 Å². The van der Waals surface area contributed by atoms with Crippen LogP contribution in [-0.4, -0.2) is 13.0 Å². The number of hydrogen-bond donors (Lipinski definition) is 1. The lowest BCUT2D eigenvalue weighted by Gasteiger charge is -1.98. The van der Waals surface area contributed by atoms with Gasteiger partial charge in [-0.1, -0.05) is 18.2 Å². The van der Waals surface area contributed by atoms with Crippen molar-refractivity contribution in [1.29, 1.82) is 0 Å². The van der Waals surface area contributed by atoms with Crippen LogP contribution in [0, 0.1) is 0 Å². The molecule has 0 heterocycles. The molecule has 0 saturated carbocycles. The number of benzene rings is 1. The largest absolute Gasteiger partial charge is 0.446 e. The van der Waals surface area contributed by atoms with Gasteiger partial charge in [-0.25, -0.2) is 0 Å². The van der Waals surface area contributed by atoms with Gasteiger partial charge in [0.05, 0.1) is 0 Å². The molecule has 0 radical (unpaired) electrons. The van der Waals surface area contributed by atoms with Gasteiger partial charge < -0.3 is 4.18 Å². The van der Waals surface area contributed by atoms with Crippen LogP contribution in [0.4, 0.5) is 0 Å². The van der Waals surface area contributed by atoms with Crippen LogP contribution in [-0.2, 0) is 10.4 Å². The van der Waals surface area contributed by atoms with E-state index >= 15 is 0 Å². The lowest BCUT2D eigenvalue weighted by molar-refractivity contribution is 0.387. The average molecular weight is 174 g/mol. The van der Waals surface area contributed by atoms with Gasteiger partial charge in [-0.05, 0) is 12.1 Å². The molecule has 0 aromatic heterocycles. The summed E-state index contributed by atoms with van der Waals surface area (Å²) in [5.74, 6) is 0.0926. The fourth-order valence-corrected chi connectivity index (χ4v) is 0.952. The molecule has 0 aliphatic heterocycles. The van der Waals surface area contributed by atoms with Crippen LogP contribution in [0.1, 0.15) is 0 Å². The SMILES string of the molecule is O=S(=O)(O)Oc1ccccc1. The third kappa shape index (κ3) is 3.01. The fraction of sp³-hybridized carbons (Fsp3) is 0. The molecular weight excluding hydrogens is 168 g/mol. The molecule has 1 rings (SSSR count). The minimum atomic E-state index is -4.38. The highest BCUT2D eigenvalue weighted by molar-refractivity contribution is 7.81. The van der Waals surface area contributed by atoms with E-state index in [1.807, 2.05) is 0 Å². The van der Waals surface area contributed by atoms with E-state index < -0.39 is 10.4 Å². The lowest BCUT2D eigenvalue weighted by Crippen LogP contribution is -2.06. The Kier molecular flexibility index (Phi) is 2.11. The van der Waals surface area contributed by atoms with E-state index in [1.54, 1.807) is 18.2 Å². The van der Waals surface area contributed by atoms with Crippen LogP contribution < -0.4 is 4.18 Å². The standard InChI is InChI=1S/C6H6O4S/c7-11(8,9)10-6-4-2-1-3-5-6/h1-5H,(H,7,8,9). The number of hydrogen-bond acceptors (Lipinski definition) is 3. The van der Waals surface area contributed by atoms with E-state index in [4.69, 9.17) is 4.55 Å². The molecule has 1 aromatic carbocycles. The van der Waals surface area contributed by atoms with Gasteiger partial charge in [0.2, 0.25) is 0 Å². The van der Waals surface area contributed by atoms with Crippen molar-refractivity contribution in [3.05, 3.63) is 30.3 Å². The molecule has 0 saturated heterocycles. The first kappa shape index (κ1) is 8.03. The molecule has 4 nitrogen and oxygen atoms in total. The first-order valence-electron chi connectivity index (χ1n) is 2.80. The van der Waals surface area contributed by atoms with Gasteiger partial charge in [0.25, 0.3) is 0 Å². The Labute approximate surface area is 64.4 Å². The second-order valence-corrected chi connectivity index (χ2v) is 2.85. The Bertz CT molecular complexity index is 316. The highest BCUT2D eigenvalue weighted by Crippen LogP contribution is 2.09. The maximum absolute atomic E-state index is 10.1. The molecule has 1 N–H and O–H groups in total. The molecule has 60 valence electrons. The molecule has 0 bridgehead atoms. The molecule has 0 spiro atoms. The summed E-state index contributed by atoms with van der Waals surface area (Å²) in [4.78, 5) is 0. The zero-order valence-corrected chi connectivity index (χ0v) is 6.28. The maximum Gasteiger partial charge on any atom is 0.446 e. The zero-order chi connectivity index (χ0) is 8.32. The van der Waals surface area contributed by atoms with E-state index in [0.29, 0.717) is 0 Å². The molecule has 11 heavy (non-hydrogen) atoms. The predicted octanol–water partition coefficient (Wildman–Crippen LogP) is 0.868. The minimum absolute atomic E-state index is 0.0926. The molecular formula is C6H6O4S. The molecule has 0 fully saturated rings. The topological polar surface area (TPSA) is 63.6 Å². The quantitative estimate of drug-likeness (QED) is 0.675. The van der Waals surface area contributed by atoms with Gasteiger partial charge in [-0.3, -0.25) is 4.55 Å². The Hall–Kier alpha value is -1.07. The average Bonchev–Trinajstić information content (AvgIpc) is 1.85. The lowest BCUT2D eigenvalue weighted by atomic mass is 10.3. The van der Waals surface area contributed by atoms with E-state index in [0.717, 1.165) is 0 Å². The molecule has 0 atom stereocenters. The van der Waals surface area contributed by atoms with Crippen molar-refractivity contribution >= 4 is 10.4 Å². The molecule has 0 aliphatic carbocycles. The van der Waals surface area contributed by atoms with Gasteiger partial charge >= 0.3 is 10.4 Å². The third-order valence-corrected chi connectivity index (χ3v) is 1.35. The maximum atomic E-state index is 10.1. The summed E-state index contributed by atoms with van der Waals surface area (Å²) in [6.07, 6.45) is 0. The van der Waals surface area contributed by atoms with Crippen LogP contribution in [0.2, 0.25) is 0 Å². The summed E-state index contributed by atoms with van der Waals surface area (Å²) in [7, 11) is -4.38. The highest BCUT2D eigenvalue weighted by Gasteiger charge is 2.04. The number of para-hydroxylation sites is 1. The summed E-state index contributed by atoms with van der Waals surface area (Å²) in [6, 6.07) is 7.75. The van der Waals surface area contributed by atoms with Crippen molar-refractivity contribution in [2.24, 2.45) is 0 Å². The Morgan fingerprint density at radius 1 is 1.18 bits per heavy atom. The molecule has 5 heteroatoms. The van der Waals surface area contributed by atoms with E-state index in [9.17, 15) is 8.42 Å². The summed E-state index contributed by atoms with van der Waals surface area (Å²) in [5, 5.41) is 0. The van der Waals surface area contributed by atoms with Crippen LogP contribution in [0.15, 0.2) is 30.3 Å². The Morgan fingerprint density at radius 2 is 1.73 bits per heavy atom. The monoisotopic (exact) mass is 174 g/mol. The summed E-state index contributed by atoms with van der Waals surface area (Å²) >= 11 is 0. The second kappa shape index (κ2) is 2.89.